The summed E-state index contributed by atoms with van der Waals surface area (Å²) in [7, 11) is 0. The van der Waals surface area contributed by atoms with Gasteiger partial charge in [0.25, 0.3) is 0 Å². The number of aromatic nitrogens is 3. The molecule has 3 N–H and O–H groups in total. The number of carbonyl (C=O) groups is 1. The number of benzene rings is 2. The van der Waals surface area contributed by atoms with Crippen molar-refractivity contribution in [3.63, 3.8) is 0 Å². The fraction of sp³-hybridized carbons (Fsp3) is 0.211. The lowest BCUT2D eigenvalue weighted by Gasteiger charge is -2.11. The van der Waals surface area contributed by atoms with Gasteiger partial charge in [-0.1, -0.05) is 65.8 Å². The van der Waals surface area contributed by atoms with Crippen LogP contribution in [0, 0.1) is 0 Å². The Hall–Kier alpha value is -2.51. The minimum Gasteiger partial charge on any atom is -0.355 e. The molecular formula is C19H20ClN5OS. The van der Waals surface area contributed by atoms with Crippen LogP contribution in [0.5, 0.6) is 0 Å². The Morgan fingerprint density at radius 2 is 2.00 bits per heavy atom. The molecule has 140 valence electrons. The molecule has 1 atom stereocenters. The summed E-state index contributed by atoms with van der Waals surface area (Å²) in [5.41, 5.74) is 1.95. The van der Waals surface area contributed by atoms with E-state index in [0.717, 1.165) is 12.0 Å². The average molecular weight is 402 g/mol. The first-order valence-corrected chi connectivity index (χ1v) is 9.75. The van der Waals surface area contributed by atoms with Gasteiger partial charge in [-0.25, -0.2) is 4.68 Å². The fourth-order valence-corrected chi connectivity index (χ4v) is 3.50. The maximum Gasteiger partial charge on any atom is 0.233 e. The maximum absolute atomic E-state index is 12.3. The van der Waals surface area contributed by atoms with Crippen LogP contribution in [0.2, 0.25) is 5.02 Å². The molecule has 3 aromatic rings. The predicted molar refractivity (Wildman–Crippen MR) is 109 cm³/mol. The van der Waals surface area contributed by atoms with Crippen LogP contribution in [0.25, 0.3) is 11.4 Å². The van der Waals surface area contributed by atoms with Crippen LogP contribution in [0.3, 0.4) is 0 Å². The van der Waals surface area contributed by atoms with Crippen molar-refractivity contribution in [2.75, 3.05) is 12.4 Å². The monoisotopic (exact) mass is 401 g/mol. The molecular weight excluding hydrogens is 382 g/mol. The summed E-state index contributed by atoms with van der Waals surface area (Å²) in [6.45, 7) is 2.40. The molecule has 0 radical (unpaired) electrons. The van der Waals surface area contributed by atoms with Crippen LogP contribution < -0.4 is 11.2 Å². The molecule has 0 aliphatic rings. The molecule has 6 nitrogen and oxygen atoms in total. The highest BCUT2D eigenvalue weighted by Gasteiger charge is 2.19. The Labute approximate surface area is 167 Å². The number of nitrogens with zero attached hydrogens (tertiary/aromatic N) is 3. The van der Waals surface area contributed by atoms with Crippen LogP contribution in [0.15, 0.2) is 59.8 Å². The van der Waals surface area contributed by atoms with Gasteiger partial charge in [-0.2, -0.15) is 0 Å². The zero-order chi connectivity index (χ0) is 19.2. The quantitative estimate of drug-likeness (QED) is 0.469. The number of thioether (sulfide) groups is 1. The number of nitrogens with two attached hydrogens (primary N) is 1. The van der Waals surface area contributed by atoms with Gasteiger partial charge in [-0.05, 0) is 31.0 Å². The third-order valence-corrected chi connectivity index (χ3v) is 5.25. The van der Waals surface area contributed by atoms with Gasteiger partial charge in [0.2, 0.25) is 11.1 Å². The van der Waals surface area contributed by atoms with Gasteiger partial charge in [-0.15, -0.1) is 10.2 Å². The Morgan fingerprint density at radius 1 is 1.22 bits per heavy atom. The van der Waals surface area contributed by atoms with E-state index >= 15 is 0 Å². The molecule has 1 heterocycles. The normalized spacial score (nSPS) is 11.9. The van der Waals surface area contributed by atoms with Gasteiger partial charge < -0.3 is 11.2 Å². The van der Waals surface area contributed by atoms with Crippen molar-refractivity contribution in [2.24, 2.45) is 0 Å². The minimum atomic E-state index is -0.348. The second-order valence-electron chi connectivity index (χ2n) is 5.97. The van der Waals surface area contributed by atoms with E-state index in [1.807, 2.05) is 49.4 Å². The van der Waals surface area contributed by atoms with E-state index in [9.17, 15) is 4.79 Å². The molecule has 0 unspecified atom stereocenters. The topological polar surface area (TPSA) is 85.8 Å². The molecule has 0 saturated carbocycles. The molecule has 2 aromatic carbocycles. The van der Waals surface area contributed by atoms with E-state index in [1.54, 1.807) is 12.1 Å². The van der Waals surface area contributed by atoms with Crippen LogP contribution in [-0.2, 0) is 11.2 Å². The SMILES string of the molecule is C[C@H](Sc1nnc(-c2cccc(Cl)c2)n1N)C(=O)NCCc1ccccc1. The van der Waals surface area contributed by atoms with E-state index in [0.29, 0.717) is 22.5 Å². The third kappa shape index (κ3) is 5.02. The fourth-order valence-electron chi connectivity index (χ4n) is 2.51. The second-order valence-corrected chi connectivity index (χ2v) is 7.72. The summed E-state index contributed by atoms with van der Waals surface area (Å²) in [6.07, 6.45) is 0.788. The zero-order valence-corrected chi connectivity index (χ0v) is 16.4. The molecule has 0 saturated heterocycles. The van der Waals surface area contributed by atoms with Crippen molar-refractivity contribution in [1.82, 2.24) is 20.2 Å². The number of amides is 1. The maximum atomic E-state index is 12.3. The van der Waals surface area contributed by atoms with E-state index in [2.05, 4.69) is 15.5 Å². The van der Waals surface area contributed by atoms with E-state index in [1.165, 1.54) is 22.0 Å². The van der Waals surface area contributed by atoms with Gasteiger partial charge in [-0.3, -0.25) is 4.79 Å². The van der Waals surface area contributed by atoms with Crippen LogP contribution in [-0.4, -0.2) is 32.6 Å². The van der Waals surface area contributed by atoms with Gasteiger partial charge >= 0.3 is 0 Å². The molecule has 0 fully saturated rings. The predicted octanol–water partition coefficient (Wildman–Crippen LogP) is 3.15. The summed E-state index contributed by atoms with van der Waals surface area (Å²) in [5, 5.41) is 11.9. The Morgan fingerprint density at radius 3 is 2.74 bits per heavy atom. The summed E-state index contributed by atoms with van der Waals surface area (Å²) >= 11 is 7.28. The standard InChI is InChI=1S/C19H20ClN5OS/c1-13(18(26)22-11-10-14-6-3-2-4-7-14)27-19-24-23-17(25(19)21)15-8-5-9-16(20)12-15/h2-9,12-13H,10-11,21H2,1H3,(H,22,26)/t13-/m0/s1. The number of rotatable bonds is 7. The van der Waals surface area contributed by atoms with E-state index < -0.39 is 0 Å². The van der Waals surface area contributed by atoms with E-state index in [4.69, 9.17) is 17.4 Å². The largest absolute Gasteiger partial charge is 0.355 e. The summed E-state index contributed by atoms with van der Waals surface area (Å²) in [4.78, 5) is 12.3. The van der Waals surface area contributed by atoms with Gasteiger partial charge in [0.05, 0.1) is 5.25 Å². The number of nitrogens with one attached hydrogen (secondary N) is 1. The lowest BCUT2D eigenvalue weighted by molar-refractivity contribution is -0.120. The molecule has 0 spiro atoms. The smallest absolute Gasteiger partial charge is 0.233 e. The second kappa shape index (κ2) is 8.92. The Kier molecular flexibility index (Phi) is 6.36. The third-order valence-electron chi connectivity index (χ3n) is 3.95. The summed E-state index contributed by atoms with van der Waals surface area (Å²) < 4.78 is 1.38. The van der Waals surface area contributed by atoms with Crippen molar-refractivity contribution in [2.45, 2.75) is 23.8 Å². The summed E-state index contributed by atoms with van der Waals surface area (Å²) in [6, 6.07) is 17.2. The average Bonchev–Trinajstić information content (AvgIpc) is 3.03. The van der Waals surface area contributed by atoms with Crippen molar-refractivity contribution in [1.29, 1.82) is 0 Å². The van der Waals surface area contributed by atoms with E-state index in [-0.39, 0.29) is 11.2 Å². The van der Waals surface area contributed by atoms with Gasteiger partial charge in [0.15, 0.2) is 5.82 Å². The Balaban J connectivity index is 1.57. The number of nitrogen functional groups attached to an aromatic ring is 1. The lowest BCUT2D eigenvalue weighted by atomic mass is 10.1. The highest BCUT2D eigenvalue weighted by atomic mass is 35.5. The van der Waals surface area contributed by atoms with Gasteiger partial charge in [0.1, 0.15) is 0 Å². The lowest BCUT2D eigenvalue weighted by Crippen LogP contribution is -2.32. The molecule has 1 aromatic heterocycles. The first-order valence-electron chi connectivity index (χ1n) is 8.49. The van der Waals surface area contributed by atoms with Crippen LogP contribution in [0.4, 0.5) is 0 Å². The van der Waals surface area contributed by atoms with Crippen molar-refractivity contribution in [3.8, 4) is 11.4 Å². The first-order chi connectivity index (χ1) is 13.0. The van der Waals surface area contributed by atoms with Crippen molar-refractivity contribution < 1.29 is 4.79 Å². The van der Waals surface area contributed by atoms with Crippen LogP contribution >= 0.6 is 23.4 Å². The number of hydrogen-bond donors (Lipinski definition) is 2. The zero-order valence-electron chi connectivity index (χ0n) is 14.8. The number of hydrogen-bond acceptors (Lipinski definition) is 5. The molecule has 27 heavy (non-hydrogen) atoms. The number of halogens is 1. The molecule has 3 rings (SSSR count). The molecule has 0 bridgehead atoms. The van der Waals surface area contributed by atoms with Gasteiger partial charge in [0, 0.05) is 17.1 Å². The van der Waals surface area contributed by atoms with Crippen molar-refractivity contribution >= 4 is 29.3 Å². The molecule has 0 aliphatic heterocycles. The summed E-state index contributed by atoms with van der Waals surface area (Å²) in [5.74, 6) is 6.54. The highest BCUT2D eigenvalue weighted by molar-refractivity contribution is 8.00. The molecule has 0 aliphatic carbocycles. The molecule has 1 amide bonds. The highest BCUT2D eigenvalue weighted by Crippen LogP contribution is 2.26. The Bertz CT molecular complexity index is 915. The van der Waals surface area contributed by atoms with Crippen molar-refractivity contribution in [3.05, 3.63) is 65.2 Å². The minimum absolute atomic E-state index is 0.0664. The molecule has 8 heteroatoms. The number of carbonyl (C=O) groups excluding carboxylic acids is 1. The van der Waals surface area contributed by atoms with Crippen LogP contribution in [0.1, 0.15) is 12.5 Å². The first kappa shape index (κ1) is 19.3.